The number of benzene rings is 1. The van der Waals surface area contributed by atoms with Crippen LogP contribution in [0.15, 0.2) is 24.3 Å². The van der Waals surface area contributed by atoms with Gasteiger partial charge in [-0.3, -0.25) is 4.84 Å². The predicted molar refractivity (Wildman–Crippen MR) is 54.0 cm³/mol. The Morgan fingerprint density at radius 1 is 1.29 bits per heavy atom. The molecule has 2 aliphatic heterocycles. The molecule has 1 aromatic carbocycles. The Hall–Kier alpha value is -1.06. The minimum absolute atomic E-state index is 0.278. The summed E-state index contributed by atoms with van der Waals surface area (Å²) in [5.41, 5.74) is 1.31. The first-order chi connectivity index (χ1) is 6.75. The first-order valence-corrected chi connectivity index (χ1v) is 4.83. The van der Waals surface area contributed by atoms with Crippen LogP contribution in [0.1, 0.15) is 12.5 Å². The normalized spacial score (nSPS) is 23.1. The number of likely N-dealkylation sites (N-methyl/N-ethyl adjacent to an activating group) is 1. The van der Waals surface area contributed by atoms with Gasteiger partial charge >= 0.3 is 0 Å². The molecule has 3 rings (SSSR count). The van der Waals surface area contributed by atoms with E-state index in [-0.39, 0.29) is 6.79 Å². The SMILES string of the molecule is CC1Cc2ccc(cc2)OCON1C. The van der Waals surface area contributed by atoms with Gasteiger partial charge in [0.05, 0.1) is 0 Å². The second-order valence-electron chi connectivity index (χ2n) is 3.63. The average Bonchev–Trinajstić information content (AvgIpc) is 2.20. The van der Waals surface area contributed by atoms with E-state index < -0.39 is 0 Å². The third kappa shape index (κ3) is 2.05. The van der Waals surface area contributed by atoms with E-state index in [0.29, 0.717) is 6.04 Å². The highest BCUT2D eigenvalue weighted by molar-refractivity contribution is 5.27. The van der Waals surface area contributed by atoms with Gasteiger partial charge in [-0.1, -0.05) is 12.1 Å². The fourth-order valence-corrected chi connectivity index (χ4v) is 1.50. The van der Waals surface area contributed by atoms with Crippen LogP contribution in [0, 0.1) is 0 Å². The molecule has 76 valence electrons. The summed E-state index contributed by atoms with van der Waals surface area (Å²) < 4.78 is 5.39. The zero-order valence-corrected chi connectivity index (χ0v) is 8.56. The topological polar surface area (TPSA) is 21.7 Å². The molecular weight excluding hydrogens is 178 g/mol. The number of ether oxygens (including phenoxy) is 1. The van der Waals surface area contributed by atoms with Gasteiger partial charge in [0.2, 0.25) is 6.79 Å². The number of hydroxylamine groups is 2. The number of nitrogens with zero attached hydrogens (tertiary/aromatic N) is 1. The third-order valence-electron chi connectivity index (χ3n) is 2.56. The Morgan fingerprint density at radius 3 is 2.71 bits per heavy atom. The van der Waals surface area contributed by atoms with Crippen LogP contribution < -0.4 is 4.74 Å². The predicted octanol–water partition coefficient (Wildman–Crippen LogP) is 1.83. The standard InChI is InChI=1S/C11H15NO2/c1-9-7-10-3-5-11(6-4-10)13-8-14-12(9)2/h3-6,9H,7-8H2,1-2H3. The second kappa shape index (κ2) is 3.98. The first-order valence-electron chi connectivity index (χ1n) is 4.83. The van der Waals surface area contributed by atoms with Crippen LogP contribution in [0.2, 0.25) is 0 Å². The lowest BCUT2D eigenvalue weighted by molar-refractivity contribution is -0.205. The molecule has 0 saturated carbocycles. The summed E-state index contributed by atoms with van der Waals surface area (Å²) in [5.74, 6) is 0.858. The van der Waals surface area contributed by atoms with Crippen LogP contribution >= 0.6 is 0 Å². The summed E-state index contributed by atoms with van der Waals surface area (Å²) in [6, 6.07) is 8.53. The highest BCUT2D eigenvalue weighted by Crippen LogP contribution is 2.16. The van der Waals surface area contributed by atoms with Gasteiger partial charge in [0.1, 0.15) is 5.75 Å². The van der Waals surface area contributed by atoms with E-state index in [1.807, 2.05) is 24.2 Å². The van der Waals surface area contributed by atoms with E-state index in [0.717, 1.165) is 12.2 Å². The summed E-state index contributed by atoms with van der Waals surface area (Å²) in [5, 5.41) is 1.84. The Balaban J connectivity index is 2.22. The molecule has 0 radical (unpaired) electrons. The van der Waals surface area contributed by atoms with E-state index in [4.69, 9.17) is 9.57 Å². The zero-order valence-electron chi connectivity index (χ0n) is 8.56. The molecule has 0 saturated heterocycles. The Bertz CT molecular complexity index is 297. The van der Waals surface area contributed by atoms with Gasteiger partial charge in [0, 0.05) is 13.1 Å². The van der Waals surface area contributed by atoms with Gasteiger partial charge in [-0.2, -0.15) is 5.06 Å². The van der Waals surface area contributed by atoms with Gasteiger partial charge in [-0.15, -0.1) is 0 Å². The monoisotopic (exact) mass is 193 g/mol. The van der Waals surface area contributed by atoms with Crippen molar-refractivity contribution in [2.45, 2.75) is 19.4 Å². The highest BCUT2D eigenvalue weighted by Gasteiger charge is 2.12. The summed E-state index contributed by atoms with van der Waals surface area (Å²) >= 11 is 0. The Morgan fingerprint density at radius 2 is 2.00 bits per heavy atom. The van der Waals surface area contributed by atoms with Crippen molar-refractivity contribution >= 4 is 0 Å². The Kier molecular flexibility index (Phi) is 2.70. The second-order valence-corrected chi connectivity index (χ2v) is 3.63. The largest absolute Gasteiger partial charge is 0.466 e. The maximum absolute atomic E-state index is 5.39. The molecule has 3 heteroatoms. The van der Waals surface area contributed by atoms with Crippen molar-refractivity contribution in [3.63, 3.8) is 0 Å². The number of fused-ring (bicyclic) bond motifs is 7. The fourth-order valence-electron chi connectivity index (χ4n) is 1.50. The van der Waals surface area contributed by atoms with Gasteiger partial charge in [0.25, 0.3) is 0 Å². The van der Waals surface area contributed by atoms with Crippen LogP contribution in [0.3, 0.4) is 0 Å². The lowest BCUT2D eigenvalue weighted by Gasteiger charge is -2.25. The van der Waals surface area contributed by atoms with Crippen LogP contribution in [-0.2, 0) is 11.3 Å². The maximum Gasteiger partial charge on any atom is 0.207 e. The fraction of sp³-hybridized carbons (Fsp3) is 0.455. The van der Waals surface area contributed by atoms with Crippen molar-refractivity contribution in [2.24, 2.45) is 0 Å². The van der Waals surface area contributed by atoms with Crippen LogP contribution in [-0.4, -0.2) is 24.9 Å². The van der Waals surface area contributed by atoms with Crippen LogP contribution in [0.5, 0.6) is 5.75 Å². The van der Waals surface area contributed by atoms with Crippen molar-refractivity contribution in [3.8, 4) is 5.75 Å². The van der Waals surface area contributed by atoms with Gasteiger partial charge < -0.3 is 4.74 Å². The number of rotatable bonds is 0. The summed E-state index contributed by atoms with van der Waals surface area (Å²) in [6.45, 7) is 2.41. The molecule has 2 aliphatic rings. The molecule has 0 fully saturated rings. The molecule has 14 heavy (non-hydrogen) atoms. The number of hydrogen-bond acceptors (Lipinski definition) is 3. The lowest BCUT2D eigenvalue weighted by atomic mass is 10.1. The summed E-state index contributed by atoms with van der Waals surface area (Å²) in [4.78, 5) is 5.39. The molecule has 1 unspecified atom stereocenters. The molecule has 3 nitrogen and oxygen atoms in total. The molecule has 0 amide bonds. The molecule has 2 heterocycles. The zero-order chi connectivity index (χ0) is 9.97. The van der Waals surface area contributed by atoms with E-state index in [9.17, 15) is 0 Å². The third-order valence-corrected chi connectivity index (χ3v) is 2.56. The van der Waals surface area contributed by atoms with Crippen LogP contribution in [0.25, 0.3) is 0 Å². The maximum atomic E-state index is 5.39. The number of hydrogen-bond donors (Lipinski definition) is 0. The molecular formula is C11H15NO2. The Labute approximate surface area is 84.2 Å². The van der Waals surface area contributed by atoms with Crippen LogP contribution in [0.4, 0.5) is 0 Å². The van der Waals surface area contributed by atoms with Crippen molar-refractivity contribution in [1.82, 2.24) is 5.06 Å². The van der Waals surface area contributed by atoms with E-state index >= 15 is 0 Å². The molecule has 2 bridgehead atoms. The minimum atomic E-state index is 0.278. The quantitative estimate of drug-likeness (QED) is 0.627. The first kappa shape index (κ1) is 9.49. The van der Waals surface area contributed by atoms with Crippen molar-refractivity contribution in [3.05, 3.63) is 29.8 Å². The molecule has 0 aromatic heterocycles. The average molecular weight is 193 g/mol. The molecule has 0 aliphatic carbocycles. The van der Waals surface area contributed by atoms with E-state index in [2.05, 4.69) is 19.1 Å². The molecule has 1 atom stereocenters. The van der Waals surface area contributed by atoms with Gasteiger partial charge in [-0.25, -0.2) is 0 Å². The lowest BCUT2D eigenvalue weighted by Crippen LogP contribution is -2.32. The van der Waals surface area contributed by atoms with E-state index in [1.165, 1.54) is 5.56 Å². The molecule has 0 N–H and O–H groups in total. The summed E-state index contributed by atoms with van der Waals surface area (Å²) in [7, 11) is 1.93. The smallest absolute Gasteiger partial charge is 0.207 e. The highest BCUT2D eigenvalue weighted by atomic mass is 16.8. The summed E-state index contributed by atoms with van der Waals surface area (Å²) in [6.07, 6.45) is 0.997. The van der Waals surface area contributed by atoms with Crippen molar-refractivity contribution in [1.29, 1.82) is 0 Å². The van der Waals surface area contributed by atoms with Crippen molar-refractivity contribution < 1.29 is 9.57 Å². The molecule has 0 spiro atoms. The van der Waals surface area contributed by atoms with Gasteiger partial charge in [-0.05, 0) is 31.0 Å². The van der Waals surface area contributed by atoms with E-state index in [1.54, 1.807) is 0 Å². The van der Waals surface area contributed by atoms with Crippen molar-refractivity contribution in [2.75, 3.05) is 13.8 Å². The van der Waals surface area contributed by atoms with Gasteiger partial charge in [0.15, 0.2) is 0 Å². The molecule has 1 aromatic rings. The minimum Gasteiger partial charge on any atom is -0.466 e.